The van der Waals surface area contributed by atoms with E-state index in [1.165, 1.54) is 12.0 Å². The van der Waals surface area contributed by atoms with Crippen molar-refractivity contribution >= 4 is 34.0 Å². The van der Waals surface area contributed by atoms with Crippen LogP contribution < -0.4 is 15.0 Å². The molecule has 1 aliphatic heterocycles. The fraction of sp³-hybridized carbons (Fsp3) is 0.333. The summed E-state index contributed by atoms with van der Waals surface area (Å²) in [5, 5.41) is 7.21. The Kier molecular flexibility index (Phi) is 4.81. The maximum Gasteiger partial charge on any atom is 0.445 e. The van der Waals surface area contributed by atoms with Gasteiger partial charge in [-0.3, -0.25) is 9.59 Å². The highest BCUT2D eigenvalue weighted by Crippen LogP contribution is 2.33. The van der Waals surface area contributed by atoms with E-state index < -0.39 is 23.0 Å². The van der Waals surface area contributed by atoms with Crippen molar-refractivity contribution in [1.82, 2.24) is 10.2 Å². The molecule has 1 fully saturated rings. The number of amides is 2. The third-order valence-electron chi connectivity index (χ3n) is 3.76. The van der Waals surface area contributed by atoms with Crippen LogP contribution in [0.25, 0.3) is 0 Å². The minimum absolute atomic E-state index is 0.0476. The van der Waals surface area contributed by atoms with E-state index in [0.717, 1.165) is 0 Å². The monoisotopic (exact) mass is 386 g/mol. The standard InChI is InChI=1S/C15H13F3N4O3S/c1-25-10-4-2-3-9(6-10)22-7-8(5-11(22)23)12(24)19-14-21-20-13(26-14)15(16,17)18/h2-4,6,8H,5,7H2,1H3,(H,19,21,24). The average molecular weight is 386 g/mol. The Balaban J connectivity index is 1.68. The van der Waals surface area contributed by atoms with Gasteiger partial charge in [0.05, 0.1) is 13.0 Å². The minimum atomic E-state index is -4.62. The predicted molar refractivity (Wildman–Crippen MR) is 87.0 cm³/mol. The number of nitrogens with one attached hydrogen (secondary N) is 1. The number of benzene rings is 1. The van der Waals surface area contributed by atoms with Crippen molar-refractivity contribution in [3.05, 3.63) is 29.3 Å². The second-order valence-corrected chi connectivity index (χ2v) is 6.48. The van der Waals surface area contributed by atoms with Gasteiger partial charge in [0.2, 0.25) is 22.0 Å². The van der Waals surface area contributed by atoms with E-state index in [1.54, 1.807) is 24.3 Å². The second kappa shape index (κ2) is 6.90. The Hall–Kier alpha value is -2.69. The molecule has 1 aromatic carbocycles. The van der Waals surface area contributed by atoms with Gasteiger partial charge in [-0.2, -0.15) is 13.2 Å². The van der Waals surface area contributed by atoms with Crippen molar-refractivity contribution < 1.29 is 27.5 Å². The van der Waals surface area contributed by atoms with E-state index in [1.807, 2.05) is 0 Å². The molecule has 1 aliphatic rings. The number of nitrogens with zero attached hydrogens (tertiary/aromatic N) is 3. The lowest BCUT2D eigenvalue weighted by atomic mass is 10.1. The maximum absolute atomic E-state index is 12.5. The zero-order chi connectivity index (χ0) is 18.9. The van der Waals surface area contributed by atoms with Crippen molar-refractivity contribution in [3.63, 3.8) is 0 Å². The van der Waals surface area contributed by atoms with Gasteiger partial charge in [-0.25, -0.2) is 0 Å². The fourth-order valence-corrected chi connectivity index (χ4v) is 3.12. The van der Waals surface area contributed by atoms with Gasteiger partial charge in [0.1, 0.15) is 5.75 Å². The Morgan fingerprint density at radius 2 is 2.15 bits per heavy atom. The number of carbonyl (C=O) groups excluding carboxylic acids is 2. The van der Waals surface area contributed by atoms with Crippen LogP contribution in [-0.4, -0.2) is 35.7 Å². The summed E-state index contributed by atoms with van der Waals surface area (Å²) in [5.74, 6) is -0.969. The molecule has 0 saturated carbocycles. The first kappa shape index (κ1) is 18.1. The Labute approximate surface area is 149 Å². The first-order chi connectivity index (χ1) is 12.3. The first-order valence-corrected chi connectivity index (χ1v) is 8.25. The third-order valence-corrected chi connectivity index (χ3v) is 4.64. The van der Waals surface area contributed by atoms with Crippen LogP contribution in [0, 0.1) is 5.92 Å². The number of methoxy groups -OCH3 is 1. The molecule has 138 valence electrons. The lowest BCUT2D eigenvalue weighted by Gasteiger charge is -2.17. The van der Waals surface area contributed by atoms with Gasteiger partial charge in [-0.05, 0) is 12.1 Å². The molecule has 3 rings (SSSR count). The molecule has 26 heavy (non-hydrogen) atoms. The van der Waals surface area contributed by atoms with E-state index in [9.17, 15) is 22.8 Å². The number of hydrogen-bond donors (Lipinski definition) is 1. The van der Waals surface area contributed by atoms with Gasteiger partial charge in [-0.15, -0.1) is 10.2 Å². The Morgan fingerprint density at radius 1 is 1.38 bits per heavy atom. The summed E-state index contributed by atoms with van der Waals surface area (Å²) in [7, 11) is 1.50. The van der Waals surface area contributed by atoms with Gasteiger partial charge >= 0.3 is 6.18 Å². The highest BCUT2D eigenvalue weighted by Gasteiger charge is 2.38. The van der Waals surface area contributed by atoms with Crippen LogP contribution in [0.2, 0.25) is 0 Å². The minimum Gasteiger partial charge on any atom is -0.497 e. The van der Waals surface area contributed by atoms with Gasteiger partial charge in [0.15, 0.2) is 0 Å². The largest absolute Gasteiger partial charge is 0.497 e. The summed E-state index contributed by atoms with van der Waals surface area (Å²) in [6.07, 6.45) is -4.67. The maximum atomic E-state index is 12.5. The zero-order valence-electron chi connectivity index (χ0n) is 13.4. The molecule has 1 saturated heterocycles. The normalized spacial score (nSPS) is 17.5. The number of anilines is 2. The summed E-state index contributed by atoms with van der Waals surface area (Å²) < 4.78 is 42.7. The van der Waals surface area contributed by atoms with Crippen LogP contribution in [0.1, 0.15) is 11.4 Å². The summed E-state index contributed by atoms with van der Waals surface area (Å²) in [4.78, 5) is 25.9. The van der Waals surface area contributed by atoms with Crippen molar-refractivity contribution in [3.8, 4) is 5.75 Å². The molecular formula is C15H13F3N4O3S. The molecule has 7 nitrogen and oxygen atoms in total. The molecule has 1 unspecified atom stereocenters. The molecule has 1 atom stereocenters. The molecule has 2 heterocycles. The number of hydrogen-bond acceptors (Lipinski definition) is 6. The van der Waals surface area contributed by atoms with Crippen LogP contribution in [0.3, 0.4) is 0 Å². The molecular weight excluding hydrogens is 373 g/mol. The van der Waals surface area contributed by atoms with Crippen molar-refractivity contribution in [1.29, 1.82) is 0 Å². The van der Waals surface area contributed by atoms with Gasteiger partial charge in [0.25, 0.3) is 0 Å². The molecule has 2 amide bonds. The van der Waals surface area contributed by atoms with Crippen molar-refractivity contribution in [2.75, 3.05) is 23.9 Å². The molecule has 0 aliphatic carbocycles. The SMILES string of the molecule is COc1cccc(N2CC(C(=O)Nc3nnc(C(F)(F)F)s3)CC2=O)c1. The Morgan fingerprint density at radius 3 is 2.81 bits per heavy atom. The molecule has 2 aromatic rings. The Bertz CT molecular complexity index is 840. The van der Waals surface area contributed by atoms with Gasteiger partial charge in [0, 0.05) is 24.7 Å². The number of alkyl halides is 3. The predicted octanol–water partition coefficient (Wildman–Crippen LogP) is 2.56. The van der Waals surface area contributed by atoms with Crippen LogP contribution in [0.4, 0.5) is 24.0 Å². The lowest BCUT2D eigenvalue weighted by Crippen LogP contribution is -2.28. The van der Waals surface area contributed by atoms with Crippen LogP contribution in [-0.2, 0) is 15.8 Å². The quantitative estimate of drug-likeness (QED) is 0.873. The summed E-state index contributed by atoms with van der Waals surface area (Å²) in [6, 6.07) is 6.82. The van der Waals surface area contributed by atoms with E-state index >= 15 is 0 Å². The highest BCUT2D eigenvalue weighted by molar-refractivity contribution is 7.15. The average Bonchev–Trinajstić information content (AvgIpc) is 3.21. The molecule has 11 heteroatoms. The van der Waals surface area contributed by atoms with E-state index in [4.69, 9.17) is 4.74 Å². The van der Waals surface area contributed by atoms with Gasteiger partial charge < -0.3 is 15.0 Å². The van der Waals surface area contributed by atoms with Crippen LogP contribution >= 0.6 is 11.3 Å². The van der Waals surface area contributed by atoms with E-state index in [2.05, 4.69) is 15.5 Å². The molecule has 0 spiro atoms. The van der Waals surface area contributed by atoms with Crippen molar-refractivity contribution in [2.24, 2.45) is 5.92 Å². The van der Waals surface area contributed by atoms with Gasteiger partial charge in [-0.1, -0.05) is 17.4 Å². The molecule has 0 bridgehead atoms. The highest BCUT2D eigenvalue weighted by atomic mass is 32.1. The zero-order valence-corrected chi connectivity index (χ0v) is 14.2. The number of rotatable bonds is 4. The fourth-order valence-electron chi connectivity index (χ4n) is 2.51. The molecule has 1 N–H and O–H groups in total. The summed E-state index contributed by atoms with van der Waals surface area (Å²) >= 11 is 0.236. The number of ether oxygens (including phenoxy) is 1. The van der Waals surface area contributed by atoms with Crippen molar-refractivity contribution in [2.45, 2.75) is 12.6 Å². The van der Waals surface area contributed by atoms with Crippen LogP contribution in [0.5, 0.6) is 5.75 Å². The number of halogens is 3. The van der Waals surface area contributed by atoms with E-state index in [0.29, 0.717) is 11.4 Å². The lowest BCUT2D eigenvalue weighted by molar-refractivity contribution is -0.138. The second-order valence-electron chi connectivity index (χ2n) is 5.51. The summed E-state index contributed by atoms with van der Waals surface area (Å²) in [6.45, 7) is 0.114. The number of carbonyl (C=O) groups is 2. The molecule has 1 aromatic heterocycles. The number of aromatic nitrogens is 2. The smallest absolute Gasteiger partial charge is 0.445 e. The van der Waals surface area contributed by atoms with E-state index in [-0.39, 0.29) is 35.3 Å². The third kappa shape index (κ3) is 3.77. The topological polar surface area (TPSA) is 84.4 Å². The van der Waals surface area contributed by atoms with Crippen LogP contribution in [0.15, 0.2) is 24.3 Å². The molecule has 0 radical (unpaired) electrons. The first-order valence-electron chi connectivity index (χ1n) is 7.44. The summed E-state index contributed by atoms with van der Waals surface area (Å²) in [5.41, 5.74) is 0.583.